The maximum atomic E-state index is 5.78. The molecule has 0 spiro atoms. The first-order valence-corrected chi connectivity index (χ1v) is 7.09. The van der Waals surface area contributed by atoms with Crippen molar-refractivity contribution < 1.29 is 0 Å². The monoisotopic (exact) mass is 302 g/mol. The van der Waals surface area contributed by atoms with Crippen LogP contribution in [0.25, 0.3) is 0 Å². The standard InChI is InChI=1S/C10H15BrN4S/c1-6-7(2)16-4-3-15(6)10-8(11)9(12)13-5-14-10/h5-7H,3-4H2,1-2H3,(H2,12,13,14). The van der Waals surface area contributed by atoms with Crippen molar-refractivity contribution in [1.82, 2.24) is 9.97 Å². The lowest BCUT2D eigenvalue weighted by Gasteiger charge is -2.38. The van der Waals surface area contributed by atoms with E-state index in [1.807, 2.05) is 11.8 Å². The molecular formula is C10H15BrN4S. The SMILES string of the molecule is CC1SCCN(c2ncnc(N)c2Br)C1C. The zero-order valence-corrected chi connectivity index (χ0v) is 11.8. The maximum Gasteiger partial charge on any atom is 0.148 e. The third kappa shape index (κ3) is 2.13. The van der Waals surface area contributed by atoms with Gasteiger partial charge in [-0.25, -0.2) is 9.97 Å². The fourth-order valence-electron chi connectivity index (χ4n) is 1.81. The van der Waals surface area contributed by atoms with E-state index >= 15 is 0 Å². The van der Waals surface area contributed by atoms with Gasteiger partial charge in [0.15, 0.2) is 0 Å². The number of nitrogen functional groups attached to an aromatic ring is 1. The number of hydrogen-bond donors (Lipinski definition) is 1. The van der Waals surface area contributed by atoms with Crippen LogP contribution in [0.1, 0.15) is 13.8 Å². The van der Waals surface area contributed by atoms with Crippen LogP contribution in [-0.2, 0) is 0 Å². The van der Waals surface area contributed by atoms with E-state index in [1.54, 1.807) is 0 Å². The summed E-state index contributed by atoms with van der Waals surface area (Å²) in [5.74, 6) is 2.54. The van der Waals surface area contributed by atoms with E-state index in [-0.39, 0.29) is 0 Å². The molecule has 2 heterocycles. The van der Waals surface area contributed by atoms with Crippen molar-refractivity contribution in [2.24, 2.45) is 0 Å². The third-order valence-electron chi connectivity index (χ3n) is 2.95. The predicted octanol–water partition coefficient (Wildman–Crippen LogP) is 2.15. The zero-order chi connectivity index (χ0) is 11.7. The second-order valence-electron chi connectivity index (χ2n) is 3.91. The van der Waals surface area contributed by atoms with Crippen molar-refractivity contribution in [2.45, 2.75) is 25.1 Å². The number of halogens is 1. The predicted molar refractivity (Wildman–Crippen MR) is 72.9 cm³/mol. The molecule has 2 unspecified atom stereocenters. The van der Waals surface area contributed by atoms with E-state index in [1.165, 1.54) is 6.33 Å². The summed E-state index contributed by atoms with van der Waals surface area (Å²) in [4.78, 5) is 10.6. The second kappa shape index (κ2) is 4.79. The van der Waals surface area contributed by atoms with Crippen LogP contribution < -0.4 is 10.6 Å². The first-order chi connectivity index (χ1) is 7.61. The summed E-state index contributed by atoms with van der Waals surface area (Å²) in [5, 5.41) is 0.608. The maximum absolute atomic E-state index is 5.78. The van der Waals surface area contributed by atoms with Crippen LogP contribution in [0.15, 0.2) is 10.8 Å². The van der Waals surface area contributed by atoms with Gasteiger partial charge in [-0.15, -0.1) is 0 Å². The summed E-state index contributed by atoms with van der Waals surface area (Å²) in [6.45, 7) is 5.48. The number of nitrogens with zero attached hydrogens (tertiary/aromatic N) is 3. The Bertz CT molecular complexity index is 387. The van der Waals surface area contributed by atoms with Gasteiger partial charge >= 0.3 is 0 Å². The summed E-state index contributed by atoms with van der Waals surface area (Å²) in [6, 6.07) is 0.462. The van der Waals surface area contributed by atoms with Crippen molar-refractivity contribution in [3.63, 3.8) is 0 Å². The third-order valence-corrected chi connectivity index (χ3v) is 5.05. The van der Waals surface area contributed by atoms with Gasteiger partial charge in [-0.3, -0.25) is 0 Å². The van der Waals surface area contributed by atoms with Gasteiger partial charge in [0.05, 0.1) is 0 Å². The molecule has 1 aliphatic rings. The van der Waals surface area contributed by atoms with Gasteiger partial charge in [0.25, 0.3) is 0 Å². The van der Waals surface area contributed by atoms with Gasteiger partial charge in [0.1, 0.15) is 22.4 Å². The molecule has 0 amide bonds. The van der Waals surface area contributed by atoms with Gasteiger partial charge in [-0.1, -0.05) is 6.92 Å². The number of nitrogens with two attached hydrogens (primary N) is 1. The minimum Gasteiger partial charge on any atom is -0.383 e. The molecule has 1 saturated heterocycles. The van der Waals surface area contributed by atoms with E-state index in [4.69, 9.17) is 5.73 Å². The molecule has 0 aromatic carbocycles. The van der Waals surface area contributed by atoms with Crippen molar-refractivity contribution in [1.29, 1.82) is 0 Å². The smallest absolute Gasteiger partial charge is 0.148 e. The highest BCUT2D eigenvalue weighted by molar-refractivity contribution is 9.10. The Morgan fingerprint density at radius 3 is 3.00 bits per heavy atom. The molecule has 0 bridgehead atoms. The van der Waals surface area contributed by atoms with Crippen LogP contribution in [0.4, 0.5) is 11.6 Å². The van der Waals surface area contributed by atoms with Crippen LogP contribution >= 0.6 is 27.7 Å². The molecule has 1 fully saturated rings. The lowest BCUT2D eigenvalue weighted by atomic mass is 10.2. The van der Waals surface area contributed by atoms with Crippen molar-refractivity contribution in [2.75, 3.05) is 22.9 Å². The summed E-state index contributed by atoms with van der Waals surface area (Å²) >= 11 is 5.47. The minimum atomic E-state index is 0.462. The molecular weight excluding hydrogens is 288 g/mol. The first kappa shape index (κ1) is 12.0. The summed E-state index contributed by atoms with van der Waals surface area (Å²) in [5.41, 5.74) is 5.78. The Balaban J connectivity index is 2.32. The average Bonchev–Trinajstić information content (AvgIpc) is 2.27. The normalized spacial score (nSPS) is 25.8. The second-order valence-corrected chi connectivity index (χ2v) is 6.18. The molecule has 88 valence electrons. The largest absolute Gasteiger partial charge is 0.383 e. The summed E-state index contributed by atoms with van der Waals surface area (Å²) in [7, 11) is 0. The molecule has 6 heteroatoms. The zero-order valence-electron chi connectivity index (χ0n) is 9.35. The minimum absolute atomic E-state index is 0.462. The van der Waals surface area contributed by atoms with E-state index in [0.717, 1.165) is 22.6 Å². The Hall–Kier alpha value is -0.490. The molecule has 2 atom stereocenters. The number of hydrogen-bond acceptors (Lipinski definition) is 5. The van der Waals surface area contributed by atoms with Crippen LogP contribution in [-0.4, -0.2) is 33.6 Å². The molecule has 2 rings (SSSR count). The highest BCUT2D eigenvalue weighted by atomic mass is 79.9. The number of anilines is 2. The van der Waals surface area contributed by atoms with E-state index < -0.39 is 0 Å². The Morgan fingerprint density at radius 2 is 2.25 bits per heavy atom. The van der Waals surface area contributed by atoms with Crippen LogP contribution in [0.3, 0.4) is 0 Å². The van der Waals surface area contributed by atoms with E-state index in [9.17, 15) is 0 Å². The van der Waals surface area contributed by atoms with Gasteiger partial charge in [0, 0.05) is 23.6 Å². The van der Waals surface area contributed by atoms with E-state index in [0.29, 0.717) is 17.1 Å². The highest BCUT2D eigenvalue weighted by Crippen LogP contribution is 2.33. The first-order valence-electron chi connectivity index (χ1n) is 5.25. The molecule has 2 N–H and O–H groups in total. The molecule has 0 saturated carbocycles. The molecule has 0 aliphatic carbocycles. The van der Waals surface area contributed by atoms with Gasteiger partial charge in [0.2, 0.25) is 0 Å². The fourth-order valence-corrected chi connectivity index (χ4v) is 3.34. The van der Waals surface area contributed by atoms with Crippen LogP contribution in [0.5, 0.6) is 0 Å². The molecule has 0 radical (unpaired) electrons. The van der Waals surface area contributed by atoms with Crippen molar-refractivity contribution >= 4 is 39.3 Å². The van der Waals surface area contributed by atoms with Gasteiger partial charge in [-0.2, -0.15) is 11.8 Å². The summed E-state index contributed by atoms with van der Waals surface area (Å²) < 4.78 is 0.806. The molecule has 16 heavy (non-hydrogen) atoms. The topological polar surface area (TPSA) is 55.0 Å². The molecule has 1 aromatic heterocycles. The Labute approximate surface area is 108 Å². The quantitative estimate of drug-likeness (QED) is 0.861. The fraction of sp³-hybridized carbons (Fsp3) is 0.600. The Kier molecular flexibility index (Phi) is 3.59. The van der Waals surface area contributed by atoms with Gasteiger partial charge < -0.3 is 10.6 Å². The summed E-state index contributed by atoms with van der Waals surface area (Å²) in [6.07, 6.45) is 1.52. The molecule has 1 aromatic rings. The van der Waals surface area contributed by atoms with Gasteiger partial charge in [-0.05, 0) is 22.9 Å². The molecule has 1 aliphatic heterocycles. The Morgan fingerprint density at radius 1 is 1.50 bits per heavy atom. The van der Waals surface area contributed by atoms with Crippen LogP contribution in [0, 0.1) is 0 Å². The van der Waals surface area contributed by atoms with E-state index in [2.05, 4.69) is 44.6 Å². The van der Waals surface area contributed by atoms with Crippen molar-refractivity contribution in [3.05, 3.63) is 10.8 Å². The number of aromatic nitrogens is 2. The lowest BCUT2D eigenvalue weighted by Crippen LogP contribution is -2.45. The molecule has 4 nitrogen and oxygen atoms in total. The number of rotatable bonds is 1. The highest BCUT2D eigenvalue weighted by Gasteiger charge is 2.27. The lowest BCUT2D eigenvalue weighted by molar-refractivity contribution is 0.618. The number of thioether (sulfide) groups is 1. The van der Waals surface area contributed by atoms with Crippen molar-refractivity contribution in [3.8, 4) is 0 Å². The van der Waals surface area contributed by atoms with Crippen LogP contribution in [0.2, 0.25) is 0 Å². The average molecular weight is 303 g/mol.